The number of amides is 2. The predicted molar refractivity (Wildman–Crippen MR) is 108 cm³/mol. The minimum absolute atomic E-state index is 0.0476. The van der Waals surface area contributed by atoms with Crippen molar-refractivity contribution in [2.45, 2.75) is 18.9 Å². The van der Waals surface area contributed by atoms with Crippen molar-refractivity contribution in [2.24, 2.45) is 5.73 Å². The maximum atomic E-state index is 12.9. The molecule has 1 atom stereocenters. The number of likely N-dealkylation sites (tertiary alicyclic amines) is 1. The number of benzene rings is 1. The molecule has 29 heavy (non-hydrogen) atoms. The Balaban J connectivity index is 1.59. The predicted octanol–water partition coefficient (Wildman–Crippen LogP) is 1.46. The Hall–Kier alpha value is -3.26. The van der Waals surface area contributed by atoms with E-state index in [0.29, 0.717) is 17.3 Å². The van der Waals surface area contributed by atoms with E-state index < -0.39 is 5.91 Å². The number of piperidine rings is 1. The Morgan fingerprint density at radius 1 is 1.17 bits per heavy atom. The summed E-state index contributed by atoms with van der Waals surface area (Å²) in [7, 11) is 4.11. The lowest BCUT2D eigenvalue weighted by molar-refractivity contribution is 0.0635. The lowest BCUT2D eigenvalue weighted by Gasteiger charge is -2.36. The highest BCUT2D eigenvalue weighted by atomic mass is 16.2. The summed E-state index contributed by atoms with van der Waals surface area (Å²) in [5.74, 6) is -0.520. The van der Waals surface area contributed by atoms with Gasteiger partial charge in [0.15, 0.2) is 5.65 Å². The monoisotopic (exact) mass is 391 g/mol. The SMILES string of the molecule is CN(C)C1CCCN(C(=O)c2ccc(-c3ccc(C(N)=O)c4n[c]nn34)cc2)C1. The number of hydrogen-bond donors (Lipinski definition) is 1. The van der Waals surface area contributed by atoms with Gasteiger partial charge in [-0.25, -0.2) is 9.50 Å². The zero-order chi connectivity index (χ0) is 20.5. The highest BCUT2D eigenvalue weighted by Gasteiger charge is 2.25. The summed E-state index contributed by atoms with van der Waals surface area (Å²) in [5.41, 5.74) is 8.30. The number of pyridine rings is 1. The summed E-state index contributed by atoms with van der Waals surface area (Å²) in [6, 6.07) is 11.2. The number of primary amides is 1. The topological polar surface area (TPSA) is 96.8 Å². The molecule has 4 rings (SSSR count). The van der Waals surface area contributed by atoms with E-state index in [9.17, 15) is 9.59 Å². The highest BCUT2D eigenvalue weighted by molar-refractivity contribution is 5.99. The minimum atomic E-state index is -0.568. The third-order valence-corrected chi connectivity index (χ3v) is 5.49. The largest absolute Gasteiger partial charge is 0.365 e. The lowest BCUT2D eigenvalue weighted by Crippen LogP contribution is -2.47. The number of carbonyl (C=O) groups excluding carboxylic acids is 2. The van der Waals surface area contributed by atoms with Crippen LogP contribution >= 0.6 is 0 Å². The third kappa shape index (κ3) is 3.58. The molecular weight excluding hydrogens is 368 g/mol. The molecule has 1 aliphatic rings. The van der Waals surface area contributed by atoms with Crippen LogP contribution in [0.5, 0.6) is 0 Å². The van der Waals surface area contributed by atoms with Gasteiger partial charge in [-0.05, 0) is 51.2 Å². The fourth-order valence-electron chi connectivity index (χ4n) is 3.80. The molecule has 1 radical (unpaired) electrons. The van der Waals surface area contributed by atoms with Crippen molar-refractivity contribution in [1.82, 2.24) is 24.4 Å². The molecule has 0 bridgehead atoms. The average Bonchev–Trinajstić information content (AvgIpc) is 3.22. The Morgan fingerprint density at radius 3 is 2.62 bits per heavy atom. The van der Waals surface area contributed by atoms with Crippen molar-refractivity contribution in [2.75, 3.05) is 27.2 Å². The molecule has 3 aromatic rings. The second-order valence-electron chi connectivity index (χ2n) is 7.53. The standard InChI is InChI=1S/C21H23N6O2/c1-25(2)16-4-3-11-26(12-16)21(29)15-7-5-14(6-8-15)18-10-9-17(19(22)28)20-23-13-24-27(18)20/h5-10,16H,3-4,11-12H2,1-2H3,(H2,22,28). The first-order valence-corrected chi connectivity index (χ1v) is 9.57. The maximum Gasteiger partial charge on any atom is 0.253 e. The van der Waals surface area contributed by atoms with Crippen molar-refractivity contribution in [1.29, 1.82) is 0 Å². The van der Waals surface area contributed by atoms with E-state index in [1.165, 1.54) is 4.52 Å². The summed E-state index contributed by atoms with van der Waals surface area (Å²) in [4.78, 5) is 32.6. The third-order valence-electron chi connectivity index (χ3n) is 5.49. The van der Waals surface area contributed by atoms with Crippen molar-refractivity contribution in [3.63, 3.8) is 0 Å². The van der Waals surface area contributed by atoms with Gasteiger partial charge in [0.25, 0.3) is 11.8 Å². The first-order chi connectivity index (χ1) is 14.0. The molecule has 2 amide bonds. The van der Waals surface area contributed by atoms with Crippen LogP contribution in [0.3, 0.4) is 0 Å². The number of aromatic nitrogens is 3. The summed E-state index contributed by atoms with van der Waals surface area (Å²) in [5, 5.41) is 4.09. The van der Waals surface area contributed by atoms with E-state index in [1.807, 2.05) is 29.2 Å². The van der Waals surface area contributed by atoms with Crippen LogP contribution in [0.4, 0.5) is 0 Å². The zero-order valence-corrected chi connectivity index (χ0v) is 16.5. The lowest BCUT2D eigenvalue weighted by atomic mass is 10.0. The van der Waals surface area contributed by atoms with Gasteiger partial charge in [0.1, 0.15) is 0 Å². The van der Waals surface area contributed by atoms with Crippen molar-refractivity contribution in [3.8, 4) is 11.3 Å². The van der Waals surface area contributed by atoms with Crippen LogP contribution in [0.15, 0.2) is 36.4 Å². The van der Waals surface area contributed by atoms with E-state index in [4.69, 9.17) is 5.73 Å². The Labute approximate surface area is 168 Å². The number of carbonyl (C=O) groups is 2. The number of fused-ring (bicyclic) bond motifs is 1. The molecule has 1 unspecified atom stereocenters. The first-order valence-electron chi connectivity index (χ1n) is 9.57. The summed E-state index contributed by atoms with van der Waals surface area (Å²) in [6.07, 6.45) is 4.65. The molecule has 1 fully saturated rings. The van der Waals surface area contributed by atoms with Gasteiger partial charge in [-0.3, -0.25) is 9.59 Å². The smallest absolute Gasteiger partial charge is 0.253 e. The average molecular weight is 391 g/mol. The Morgan fingerprint density at radius 2 is 1.93 bits per heavy atom. The van der Waals surface area contributed by atoms with Crippen molar-refractivity contribution >= 4 is 17.5 Å². The Kier molecular flexibility index (Phi) is 5.02. The van der Waals surface area contributed by atoms with Crippen LogP contribution in [-0.2, 0) is 0 Å². The van der Waals surface area contributed by atoms with Crippen LogP contribution in [0.1, 0.15) is 33.6 Å². The van der Waals surface area contributed by atoms with Crippen LogP contribution in [0.25, 0.3) is 16.9 Å². The second-order valence-corrected chi connectivity index (χ2v) is 7.53. The quantitative estimate of drug-likeness (QED) is 0.726. The van der Waals surface area contributed by atoms with E-state index in [1.54, 1.807) is 12.1 Å². The van der Waals surface area contributed by atoms with E-state index in [0.717, 1.165) is 37.2 Å². The number of nitrogens with zero attached hydrogens (tertiary/aromatic N) is 5. The molecule has 8 heteroatoms. The molecule has 1 aromatic carbocycles. The number of rotatable bonds is 4. The molecule has 2 N–H and O–H groups in total. The van der Waals surface area contributed by atoms with Gasteiger partial charge in [-0.2, -0.15) is 0 Å². The molecule has 8 nitrogen and oxygen atoms in total. The number of hydrogen-bond acceptors (Lipinski definition) is 5. The van der Waals surface area contributed by atoms with E-state index in [-0.39, 0.29) is 11.5 Å². The zero-order valence-electron chi connectivity index (χ0n) is 16.5. The van der Waals surface area contributed by atoms with Gasteiger partial charge in [-0.15, -0.1) is 5.10 Å². The first kappa shape index (κ1) is 19.1. The molecule has 0 spiro atoms. The molecule has 1 aliphatic heterocycles. The molecule has 1 saturated heterocycles. The number of likely N-dealkylation sites (N-methyl/N-ethyl adjacent to an activating group) is 1. The molecule has 3 heterocycles. The van der Waals surface area contributed by atoms with Gasteiger partial charge >= 0.3 is 0 Å². The maximum absolute atomic E-state index is 12.9. The summed E-state index contributed by atoms with van der Waals surface area (Å²) >= 11 is 0. The van der Waals surface area contributed by atoms with Gasteiger partial charge in [0, 0.05) is 30.3 Å². The van der Waals surface area contributed by atoms with Crippen molar-refractivity contribution in [3.05, 3.63) is 53.9 Å². The van der Waals surface area contributed by atoms with Gasteiger partial charge < -0.3 is 15.5 Å². The molecule has 0 saturated carbocycles. The van der Waals surface area contributed by atoms with Crippen LogP contribution < -0.4 is 5.73 Å². The minimum Gasteiger partial charge on any atom is -0.365 e. The van der Waals surface area contributed by atoms with Crippen LogP contribution in [0, 0.1) is 6.33 Å². The van der Waals surface area contributed by atoms with Gasteiger partial charge in [0.2, 0.25) is 6.33 Å². The highest BCUT2D eigenvalue weighted by Crippen LogP contribution is 2.23. The fraction of sp³-hybridized carbons (Fsp3) is 0.333. The molecule has 2 aromatic heterocycles. The molecule has 0 aliphatic carbocycles. The van der Waals surface area contributed by atoms with Crippen LogP contribution in [0.2, 0.25) is 0 Å². The molecule has 149 valence electrons. The summed E-state index contributed by atoms with van der Waals surface area (Å²) < 4.78 is 1.53. The summed E-state index contributed by atoms with van der Waals surface area (Å²) in [6.45, 7) is 1.53. The molecular formula is C21H23N6O2. The van der Waals surface area contributed by atoms with E-state index >= 15 is 0 Å². The van der Waals surface area contributed by atoms with E-state index in [2.05, 4.69) is 35.4 Å². The van der Waals surface area contributed by atoms with Gasteiger partial charge in [0.05, 0.1) is 11.3 Å². The fourth-order valence-corrected chi connectivity index (χ4v) is 3.80. The Bertz CT molecular complexity index is 1060. The normalized spacial score (nSPS) is 17.1. The van der Waals surface area contributed by atoms with Gasteiger partial charge in [-0.1, -0.05) is 12.1 Å². The van der Waals surface area contributed by atoms with Crippen molar-refractivity contribution < 1.29 is 9.59 Å². The van der Waals surface area contributed by atoms with Crippen LogP contribution in [-0.4, -0.2) is 69.4 Å². The second kappa shape index (κ2) is 7.63. The number of nitrogens with two attached hydrogens (primary N) is 1.